The first-order valence-electron chi connectivity index (χ1n) is 6.60. The molecule has 1 aliphatic rings. The Balaban J connectivity index is 2.01. The number of piperazine rings is 1. The first kappa shape index (κ1) is 14.3. The number of phenols is 1. The van der Waals surface area contributed by atoms with Gasteiger partial charge in [-0.1, -0.05) is 12.1 Å². The zero-order valence-electron chi connectivity index (χ0n) is 11.4. The monoisotopic (exact) mass is 277 g/mol. The Kier molecular flexibility index (Phi) is 4.24. The van der Waals surface area contributed by atoms with E-state index in [1.807, 2.05) is 0 Å². The Bertz CT molecular complexity index is 501. The van der Waals surface area contributed by atoms with Gasteiger partial charge in [-0.2, -0.15) is 0 Å². The van der Waals surface area contributed by atoms with Crippen LogP contribution in [0.25, 0.3) is 0 Å². The van der Waals surface area contributed by atoms with Crippen LogP contribution in [-0.4, -0.2) is 47.0 Å². The smallest absolute Gasteiger partial charge is 0.242 e. The minimum Gasteiger partial charge on any atom is -0.508 e. The highest BCUT2D eigenvalue weighted by atomic mass is 16.3. The van der Waals surface area contributed by atoms with Crippen molar-refractivity contribution in [3.63, 3.8) is 0 Å². The largest absolute Gasteiger partial charge is 0.508 e. The summed E-state index contributed by atoms with van der Waals surface area (Å²) in [6, 6.07) is 5.41. The highest BCUT2D eigenvalue weighted by Gasteiger charge is 2.31. The molecule has 0 bridgehead atoms. The molecule has 6 nitrogen and oxygen atoms in total. The van der Waals surface area contributed by atoms with Crippen molar-refractivity contribution in [2.45, 2.75) is 25.4 Å². The lowest BCUT2D eigenvalue weighted by molar-refractivity contribution is -0.143. The van der Waals surface area contributed by atoms with Gasteiger partial charge < -0.3 is 21.1 Å². The predicted octanol–water partition coefficient (Wildman–Crippen LogP) is -0.391. The number of carbonyl (C=O) groups excluding carboxylic acids is 2. The fraction of sp³-hybridized carbons (Fsp3) is 0.429. The molecule has 2 rings (SSSR count). The van der Waals surface area contributed by atoms with E-state index in [1.54, 1.807) is 31.2 Å². The Hall–Kier alpha value is -2.08. The normalized spacial score (nSPS) is 20.4. The van der Waals surface area contributed by atoms with E-state index in [1.165, 1.54) is 4.90 Å². The second kappa shape index (κ2) is 5.92. The van der Waals surface area contributed by atoms with E-state index in [4.69, 9.17) is 5.73 Å². The topological polar surface area (TPSA) is 95.7 Å². The lowest BCUT2D eigenvalue weighted by Gasteiger charge is -2.34. The van der Waals surface area contributed by atoms with Crippen LogP contribution in [0, 0.1) is 0 Å². The van der Waals surface area contributed by atoms with Crippen LogP contribution < -0.4 is 11.1 Å². The number of carbonyl (C=O) groups is 2. The third kappa shape index (κ3) is 3.08. The number of benzene rings is 1. The Labute approximate surface area is 117 Å². The summed E-state index contributed by atoms with van der Waals surface area (Å²) in [6.07, 6.45) is 0.379. The average molecular weight is 277 g/mol. The molecule has 1 aromatic rings. The van der Waals surface area contributed by atoms with Crippen LogP contribution in [0.2, 0.25) is 0 Å². The zero-order valence-corrected chi connectivity index (χ0v) is 11.4. The van der Waals surface area contributed by atoms with Crippen molar-refractivity contribution in [3.05, 3.63) is 29.8 Å². The van der Waals surface area contributed by atoms with E-state index >= 15 is 0 Å². The first-order valence-corrected chi connectivity index (χ1v) is 6.60. The molecule has 0 aliphatic carbocycles. The predicted molar refractivity (Wildman–Crippen MR) is 74.0 cm³/mol. The molecule has 0 saturated carbocycles. The van der Waals surface area contributed by atoms with Crippen molar-refractivity contribution >= 4 is 11.8 Å². The molecular weight excluding hydrogens is 258 g/mol. The van der Waals surface area contributed by atoms with E-state index in [9.17, 15) is 14.7 Å². The Morgan fingerprint density at radius 1 is 1.50 bits per heavy atom. The van der Waals surface area contributed by atoms with Crippen LogP contribution >= 0.6 is 0 Å². The summed E-state index contributed by atoms with van der Waals surface area (Å²) in [5, 5.41) is 11.9. The first-order chi connectivity index (χ1) is 9.49. The van der Waals surface area contributed by atoms with Crippen LogP contribution in [-0.2, 0) is 16.0 Å². The van der Waals surface area contributed by atoms with Crippen molar-refractivity contribution in [2.24, 2.45) is 5.73 Å². The van der Waals surface area contributed by atoms with E-state index in [-0.39, 0.29) is 17.6 Å². The number of hydrogen-bond donors (Lipinski definition) is 3. The number of rotatable bonds is 3. The van der Waals surface area contributed by atoms with Gasteiger partial charge in [0.1, 0.15) is 11.8 Å². The summed E-state index contributed by atoms with van der Waals surface area (Å²) in [5.74, 6) is -0.197. The summed E-state index contributed by atoms with van der Waals surface area (Å²) >= 11 is 0. The third-order valence-electron chi connectivity index (χ3n) is 3.49. The van der Waals surface area contributed by atoms with Crippen LogP contribution in [0.5, 0.6) is 5.75 Å². The van der Waals surface area contributed by atoms with Crippen molar-refractivity contribution in [1.82, 2.24) is 10.2 Å². The van der Waals surface area contributed by atoms with Crippen LogP contribution in [0.1, 0.15) is 12.5 Å². The number of nitrogens with zero attached hydrogens (tertiary/aromatic N) is 1. The summed E-state index contributed by atoms with van der Waals surface area (Å²) in [5.41, 5.74) is 6.81. The van der Waals surface area contributed by atoms with Gasteiger partial charge in [-0.3, -0.25) is 9.59 Å². The molecule has 1 heterocycles. The fourth-order valence-electron chi connectivity index (χ4n) is 2.27. The van der Waals surface area contributed by atoms with Crippen molar-refractivity contribution in [1.29, 1.82) is 0 Å². The summed E-state index contributed by atoms with van der Waals surface area (Å²) < 4.78 is 0. The Morgan fingerprint density at radius 3 is 2.80 bits per heavy atom. The maximum absolute atomic E-state index is 12.3. The zero-order chi connectivity index (χ0) is 14.7. The summed E-state index contributed by atoms with van der Waals surface area (Å²) in [7, 11) is 0. The van der Waals surface area contributed by atoms with Gasteiger partial charge in [0, 0.05) is 13.1 Å². The second-order valence-corrected chi connectivity index (χ2v) is 4.98. The molecule has 1 fully saturated rings. The molecule has 2 atom stereocenters. The standard InChI is InChI=1S/C14H19N3O3/c1-9-13(19)16-6-7-17(9)14(20)12(15)8-10-2-4-11(18)5-3-10/h2-5,9,12,18H,6-8,15H2,1H3,(H,16,19)/t9?,12-/m0/s1. The molecule has 0 radical (unpaired) electrons. The molecule has 0 spiro atoms. The maximum Gasteiger partial charge on any atom is 0.242 e. The third-order valence-corrected chi connectivity index (χ3v) is 3.49. The van der Waals surface area contributed by atoms with Crippen molar-refractivity contribution < 1.29 is 14.7 Å². The fourth-order valence-corrected chi connectivity index (χ4v) is 2.27. The van der Waals surface area contributed by atoms with Crippen LogP contribution in [0.3, 0.4) is 0 Å². The number of nitrogens with two attached hydrogens (primary N) is 1. The van der Waals surface area contributed by atoms with Gasteiger partial charge in [-0.25, -0.2) is 0 Å². The van der Waals surface area contributed by atoms with Crippen molar-refractivity contribution in [2.75, 3.05) is 13.1 Å². The molecular formula is C14H19N3O3. The van der Waals surface area contributed by atoms with E-state index in [0.29, 0.717) is 19.5 Å². The molecule has 4 N–H and O–H groups in total. The average Bonchev–Trinajstić information content (AvgIpc) is 2.43. The highest BCUT2D eigenvalue weighted by molar-refractivity contribution is 5.90. The van der Waals surface area contributed by atoms with E-state index < -0.39 is 12.1 Å². The number of nitrogens with one attached hydrogen (secondary N) is 1. The molecule has 1 aromatic carbocycles. The quantitative estimate of drug-likeness (QED) is 0.701. The van der Waals surface area contributed by atoms with Crippen LogP contribution in [0.15, 0.2) is 24.3 Å². The molecule has 1 saturated heterocycles. The van der Waals surface area contributed by atoms with Gasteiger partial charge in [0.15, 0.2) is 0 Å². The van der Waals surface area contributed by atoms with Gasteiger partial charge in [0.05, 0.1) is 6.04 Å². The van der Waals surface area contributed by atoms with Gasteiger partial charge in [0.2, 0.25) is 11.8 Å². The Morgan fingerprint density at radius 2 is 2.15 bits per heavy atom. The summed E-state index contributed by atoms with van der Waals surface area (Å²) in [6.45, 7) is 2.63. The number of amides is 2. The molecule has 1 aliphatic heterocycles. The minimum absolute atomic E-state index is 0.151. The highest BCUT2D eigenvalue weighted by Crippen LogP contribution is 2.13. The second-order valence-electron chi connectivity index (χ2n) is 4.98. The number of aromatic hydroxyl groups is 1. The maximum atomic E-state index is 12.3. The van der Waals surface area contributed by atoms with Crippen molar-refractivity contribution in [3.8, 4) is 5.75 Å². The van der Waals surface area contributed by atoms with Gasteiger partial charge in [-0.05, 0) is 31.0 Å². The van der Waals surface area contributed by atoms with Crippen LogP contribution in [0.4, 0.5) is 0 Å². The number of hydrogen-bond acceptors (Lipinski definition) is 4. The molecule has 2 amide bonds. The van der Waals surface area contributed by atoms with Gasteiger partial charge >= 0.3 is 0 Å². The van der Waals surface area contributed by atoms with E-state index in [2.05, 4.69) is 5.32 Å². The SMILES string of the molecule is CC1C(=O)NCCN1C(=O)[C@@H](N)Cc1ccc(O)cc1. The lowest BCUT2D eigenvalue weighted by Crippen LogP contribution is -2.59. The molecule has 0 aromatic heterocycles. The van der Waals surface area contributed by atoms with Gasteiger partial charge in [-0.15, -0.1) is 0 Å². The molecule has 20 heavy (non-hydrogen) atoms. The lowest BCUT2D eigenvalue weighted by atomic mass is 10.0. The minimum atomic E-state index is -0.687. The van der Waals surface area contributed by atoms with E-state index in [0.717, 1.165) is 5.56 Å². The molecule has 108 valence electrons. The summed E-state index contributed by atoms with van der Waals surface area (Å²) in [4.78, 5) is 25.4. The molecule has 6 heteroatoms. The molecule has 1 unspecified atom stereocenters. The number of phenolic OH excluding ortho intramolecular Hbond substituents is 1. The van der Waals surface area contributed by atoms with Gasteiger partial charge in [0.25, 0.3) is 0 Å².